The van der Waals surface area contributed by atoms with Gasteiger partial charge in [-0.2, -0.15) is 0 Å². The minimum Gasteiger partial charge on any atom is -0.481 e. The Kier molecular flexibility index (Phi) is 3.68. The average Bonchev–Trinajstić information content (AvgIpc) is 2.84. The van der Waals surface area contributed by atoms with Gasteiger partial charge in [0.25, 0.3) is 0 Å². The zero-order valence-electron chi connectivity index (χ0n) is 10.8. The fourth-order valence-electron chi connectivity index (χ4n) is 2.68. The molecular weight excluding hydrogens is 294 g/mol. The Hall–Kier alpha value is -1.52. The molecule has 1 aromatic carbocycles. The number of hydrogen-bond donors (Lipinski definition) is 1. The van der Waals surface area contributed by atoms with Crippen molar-refractivity contribution in [2.75, 3.05) is 11.4 Å². The molecule has 1 aliphatic rings. The van der Waals surface area contributed by atoms with Crippen molar-refractivity contribution in [2.45, 2.75) is 18.9 Å². The van der Waals surface area contributed by atoms with Gasteiger partial charge >= 0.3 is 5.97 Å². The van der Waals surface area contributed by atoms with Gasteiger partial charge in [0.2, 0.25) is 0 Å². The van der Waals surface area contributed by atoms with Crippen LogP contribution < -0.4 is 4.90 Å². The molecule has 104 valence electrons. The summed E-state index contributed by atoms with van der Waals surface area (Å²) >= 11 is 7.54. The maximum atomic E-state index is 11.4. The second-order valence-electron chi connectivity index (χ2n) is 4.87. The Morgan fingerprint density at radius 3 is 2.85 bits per heavy atom. The van der Waals surface area contributed by atoms with E-state index >= 15 is 0 Å². The predicted molar refractivity (Wildman–Crippen MR) is 81.8 cm³/mol. The summed E-state index contributed by atoms with van der Waals surface area (Å²) in [5, 5.41) is 9.33. The summed E-state index contributed by atoms with van der Waals surface area (Å²) in [6.07, 6.45) is 0.644. The van der Waals surface area contributed by atoms with Crippen molar-refractivity contribution in [1.29, 1.82) is 0 Å². The van der Waals surface area contributed by atoms with E-state index in [0.29, 0.717) is 6.42 Å². The molecule has 0 spiro atoms. The summed E-state index contributed by atoms with van der Waals surface area (Å²) in [5.74, 6) is -1.13. The van der Waals surface area contributed by atoms with E-state index in [2.05, 4.69) is 4.90 Å². The molecule has 2 heterocycles. The van der Waals surface area contributed by atoms with E-state index in [-0.39, 0.29) is 0 Å². The van der Waals surface area contributed by atoms with Gasteiger partial charge in [-0.25, -0.2) is 0 Å². The third kappa shape index (κ3) is 2.53. The third-order valence-electron chi connectivity index (χ3n) is 3.61. The number of carboxylic acids is 1. The summed E-state index contributed by atoms with van der Waals surface area (Å²) in [4.78, 5) is 14.8. The summed E-state index contributed by atoms with van der Waals surface area (Å²) in [7, 11) is 0. The monoisotopic (exact) mass is 307 g/mol. The molecule has 2 aromatic rings. The Balaban J connectivity index is 1.90. The van der Waals surface area contributed by atoms with Crippen LogP contribution in [0.3, 0.4) is 0 Å². The fourth-order valence-corrected chi connectivity index (χ4v) is 3.78. The molecule has 0 amide bonds. The summed E-state index contributed by atoms with van der Waals surface area (Å²) in [5.41, 5.74) is 1.93. The first kappa shape index (κ1) is 13.5. The Labute approximate surface area is 126 Å². The quantitative estimate of drug-likeness (QED) is 0.932. The topological polar surface area (TPSA) is 40.5 Å². The molecule has 0 radical (unpaired) electrons. The van der Waals surface area contributed by atoms with Gasteiger partial charge in [-0.15, -0.1) is 11.3 Å². The van der Waals surface area contributed by atoms with E-state index in [4.69, 9.17) is 11.6 Å². The molecule has 0 fully saturated rings. The van der Waals surface area contributed by atoms with Crippen molar-refractivity contribution < 1.29 is 9.90 Å². The van der Waals surface area contributed by atoms with Crippen molar-refractivity contribution in [3.8, 4) is 0 Å². The van der Waals surface area contributed by atoms with Crippen LogP contribution in [-0.2, 0) is 11.3 Å². The lowest BCUT2D eigenvalue weighted by Gasteiger charge is -2.34. The van der Waals surface area contributed by atoms with Crippen LogP contribution in [0, 0.1) is 0 Å². The van der Waals surface area contributed by atoms with Crippen LogP contribution in [0.1, 0.15) is 22.8 Å². The van der Waals surface area contributed by atoms with Crippen molar-refractivity contribution in [3.05, 3.63) is 51.2 Å². The van der Waals surface area contributed by atoms with Crippen molar-refractivity contribution >= 4 is 34.6 Å². The van der Waals surface area contributed by atoms with Gasteiger partial charge in [-0.1, -0.05) is 29.8 Å². The second-order valence-corrected chi connectivity index (χ2v) is 6.67. The number of para-hydroxylation sites is 1. The number of benzene rings is 1. The molecule has 5 heteroatoms. The van der Waals surface area contributed by atoms with Crippen LogP contribution in [0.25, 0.3) is 0 Å². The lowest BCUT2D eigenvalue weighted by molar-refractivity contribution is -0.139. The van der Waals surface area contributed by atoms with E-state index in [1.54, 1.807) is 11.3 Å². The number of carbonyl (C=O) groups is 1. The Morgan fingerprint density at radius 2 is 2.15 bits per heavy atom. The number of anilines is 1. The highest BCUT2D eigenvalue weighted by atomic mass is 35.5. The van der Waals surface area contributed by atoms with Crippen LogP contribution in [0.4, 0.5) is 5.69 Å². The molecule has 1 atom stereocenters. The summed E-state index contributed by atoms with van der Waals surface area (Å²) < 4.78 is 0.786. The average molecular weight is 308 g/mol. The molecule has 0 bridgehead atoms. The number of halogens is 1. The molecule has 3 nitrogen and oxygen atoms in total. The molecule has 1 aliphatic heterocycles. The first-order valence-corrected chi connectivity index (χ1v) is 7.65. The summed E-state index contributed by atoms with van der Waals surface area (Å²) in [6, 6.07) is 11.7. The lowest BCUT2D eigenvalue weighted by Crippen LogP contribution is -2.32. The van der Waals surface area contributed by atoms with Crippen LogP contribution in [0.15, 0.2) is 36.4 Å². The van der Waals surface area contributed by atoms with Crippen LogP contribution in [0.5, 0.6) is 0 Å². The molecule has 1 aromatic heterocycles. The smallest absolute Gasteiger partial charge is 0.311 e. The lowest BCUT2D eigenvalue weighted by atomic mass is 9.90. The van der Waals surface area contributed by atoms with E-state index in [9.17, 15) is 9.90 Å². The van der Waals surface area contributed by atoms with Gasteiger partial charge < -0.3 is 10.0 Å². The zero-order valence-corrected chi connectivity index (χ0v) is 12.3. The number of hydrogen-bond acceptors (Lipinski definition) is 3. The highest BCUT2D eigenvalue weighted by Crippen LogP contribution is 2.36. The van der Waals surface area contributed by atoms with E-state index in [0.717, 1.165) is 28.7 Å². The van der Waals surface area contributed by atoms with Crippen molar-refractivity contribution in [2.24, 2.45) is 0 Å². The SMILES string of the molecule is O=C(O)C1CCN(Cc2ccc(Cl)s2)c2ccccc21. The van der Waals surface area contributed by atoms with Gasteiger partial charge in [-0.3, -0.25) is 4.79 Å². The van der Waals surface area contributed by atoms with E-state index in [1.165, 1.54) is 4.88 Å². The molecule has 0 saturated heterocycles. The number of nitrogens with zero attached hydrogens (tertiary/aromatic N) is 1. The molecule has 1 N–H and O–H groups in total. The van der Waals surface area contributed by atoms with Gasteiger partial charge in [0.05, 0.1) is 16.8 Å². The number of aliphatic carboxylic acids is 1. The molecule has 20 heavy (non-hydrogen) atoms. The highest BCUT2D eigenvalue weighted by Gasteiger charge is 2.29. The number of rotatable bonds is 3. The normalized spacial score (nSPS) is 17.9. The molecule has 3 rings (SSSR count). The number of fused-ring (bicyclic) bond motifs is 1. The first-order valence-electron chi connectivity index (χ1n) is 6.46. The maximum absolute atomic E-state index is 11.4. The zero-order chi connectivity index (χ0) is 14.1. The minimum absolute atomic E-state index is 0.394. The second kappa shape index (κ2) is 5.46. The van der Waals surface area contributed by atoms with Gasteiger partial charge in [0, 0.05) is 17.1 Å². The van der Waals surface area contributed by atoms with E-state index in [1.807, 2.05) is 36.4 Å². The maximum Gasteiger partial charge on any atom is 0.311 e. The fraction of sp³-hybridized carbons (Fsp3) is 0.267. The molecule has 0 saturated carbocycles. The van der Waals surface area contributed by atoms with Crippen LogP contribution >= 0.6 is 22.9 Å². The molecule has 0 aliphatic carbocycles. The molecular formula is C15H14ClNO2S. The predicted octanol–water partition coefficient (Wildman–Crippen LogP) is 3.98. The van der Waals surface area contributed by atoms with Gasteiger partial charge in [-0.05, 0) is 30.2 Å². The standard InChI is InChI=1S/C15H14ClNO2S/c16-14-6-5-10(20-14)9-17-8-7-12(15(18)19)11-3-1-2-4-13(11)17/h1-6,12H,7-9H2,(H,18,19). The van der Waals surface area contributed by atoms with Crippen LogP contribution in [-0.4, -0.2) is 17.6 Å². The number of thiophene rings is 1. The van der Waals surface area contributed by atoms with E-state index < -0.39 is 11.9 Å². The number of carboxylic acid groups (broad SMARTS) is 1. The van der Waals surface area contributed by atoms with Crippen LogP contribution in [0.2, 0.25) is 4.34 Å². The van der Waals surface area contributed by atoms with Gasteiger partial charge in [0.1, 0.15) is 0 Å². The third-order valence-corrected chi connectivity index (χ3v) is 4.83. The van der Waals surface area contributed by atoms with Crippen molar-refractivity contribution in [1.82, 2.24) is 0 Å². The minimum atomic E-state index is -0.740. The summed E-state index contributed by atoms with van der Waals surface area (Å²) in [6.45, 7) is 1.53. The highest BCUT2D eigenvalue weighted by molar-refractivity contribution is 7.16. The van der Waals surface area contributed by atoms with Crippen molar-refractivity contribution in [3.63, 3.8) is 0 Å². The first-order chi connectivity index (χ1) is 9.65. The van der Waals surface area contributed by atoms with Gasteiger partial charge in [0.15, 0.2) is 0 Å². The Morgan fingerprint density at radius 1 is 1.35 bits per heavy atom. The largest absolute Gasteiger partial charge is 0.481 e. The Bertz CT molecular complexity index is 640. The molecule has 1 unspecified atom stereocenters.